The molecule has 10 atom stereocenters. The Labute approximate surface area is 471 Å². The summed E-state index contributed by atoms with van der Waals surface area (Å²) in [4.78, 5) is 0. The maximum atomic E-state index is 7.62. The van der Waals surface area contributed by atoms with E-state index in [0.29, 0.717) is 13.2 Å². The van der Waals surface area contributed by atoms with Crippen LogP contribution in [0.5, 0.6) is 0 Å². The molecule has 8 aromatic carbocycles. The van der Waals surface area contributed by atoms with Gasteiger partial charge < -0.3 is 52.1 Å². The van der Waals surface area contributed by atoms with Gasteiger partial charge in [-0.2, -0.15) is 0 Å². The summed E-state index contributed by atoms with van der Waals surface area (Å²) in [6.07, 6.45) is -7.53. The Hall–Kier alpha value is -6.68. The lowest BCUT2D eigenvalue weighted by Crippen LogP contribution is -2.70. The van der Waals surface area contributed by atoms with Crippen LogP contribution < -0.4 is 0 Å². The van der Waals surface area contributed by atoms with Crippen LogP contribution in [-0.4, -0.2) is 74.1 Å². The predicted molar refractivity (Wildman–Crippen MR) is 305 cm³/mol. The highest BCUT2D eigenvalue weighted by Gasteiger charge is 2.59. The normalized spacial score (nSPS) is 23.8. The zero-order valence-electron chi connectivity index (χ0n) is 45.4. The van der Waals surface area contributed by atoms with E-state index >= 15 is 0 Å². The van der Waals surface area contributed by atoms with Crippen molar-refractivity contribution >= 4 is 0 Å². The fourth-order valence-corrected chi connectivity index (χ4v) is 10.2. The van der Waals surface area contributed by atoms with Crippen LogP contribution in [0, 0.1) is 0 Å². The zero-order valence-corrected chi connectivity index (χ0v) is 45.4. The minimum atomic E-state index is -1.64. The Morgan fingerprint density at radius 3 is 0.938 bits per heavy atom. The van der Waals surface area contributed by atoms with Gasteiger partial charge in [-0.15, -0.1) is 0 Å². The van der Waals surface area contributed by atoms with E-state index in [9.17, 15) is 0 Å². The fraction of sp³-hybridized carbons (Fsp3) is 0.304. The van der Waals surface area contributed by atoms with Gasteiger partial charge in [0.15, 0.2) is 12.1 Å². The molecule has 0 aliphatic carbocycles. The van der Waals surface area contributed by atoms with Gasteiger partial charge in [0.2, 0.25) is 0 Å². The summed E-state index contributed by atoms with van der Waals surface area (Å²) in [7, 11) is 0. The van der Waals surface area contributed by atoms with Gasteiger partial charge in [0.25, 0.3) is 0 Å². The molecule has 2 heterocycles. The standard InChI is InChI=1S/C69H72O11/c1-69(67(77-49-59-40-24-9-25-41-59)65(75-47-57-36-20-7-21-37-57)63(73-45-55-32-16-5-17-33-55)61(79-69)51-71-43-53-28-12-3-13-29-53)80-68-66(76-48-58-38-22-8-23-39-58)64(74-46-56-34-18-6-19-35-56)62(72-44-54-30-14-4-15-31-54)60(78-68)50-70-42-52-26-10-2-11-27-52/h2-41,60-68H,42-51H2,1H3/t60-,61-,62-,63-,64+,65+,66+,67+,68?,69?/m1/s1. The number of ether oxygens (including phenoxy) is 11. The molecule has 0 aromatic heterocycles. The van der Waals surface area contributed by atoms with Crippen molar-refractivity contribution in [2.45, 2.75) is 121 Å². The SMILES string of the molecule is CC1(OC2O[C@H](COCc3ccccc3)[C@@H](OCc3ccccc3)[C@H](OCc3ccccc3)[C@@H]2OCc2ccccc2)O[C@H](COCc2ccccc2)[C@@H](OCc2ccccc2)[C@H](OCc2ccccc2)[C@@H]1OCc1ccccc1. The van der Waals surface area contributed by atoms with Gasteiger partial charge in [-0.1, -0.05) is 243 Å². The van der Waals surface area contributed by atoms with E-state index in [1.807, 2.05) is 250 Å². The van der Waals surface area contributed by atoms with E-state index in [4.69, 9.17) is 52.1 Å². The molecule has 0 bridgehead atoms. The van der Waals surface area contributed by atoms with Crippen molar-refractivity contribution in [2.24, 2.45) is 0 Å². The van der Waals surface area contributed by atoms with Crippen LogP contribution in [0.4, 0.5) is 0 Å². The average molecular weight is 1080 g/mol. The van der Waals surface area contributed by atoms with Gasteiger partial charge in [-0.05, 0) is 51.4 Å². The Bertz CT molecular complexity index is 2950. The molecule has 2 fully saturated rings. The first kappa shape index (κ1) is 56.6. The van der Waals surface area contributed by atoms with E-state index in [2.05, 4.69) is 0 Å². The highest BCUT2D eigenvalue weighted by molar-refractivity contribution is 5.20. The van der Waals surface area contributed by atoms with Crippen LogP contribution in [0.2, 0.25) is 0 Å². The lowest BCUT2D eigenvalue weighted by molar-refractivity contribution is -0.431. The van der Waals surface area contributed by atoms with Crippen molar-refractivity contribution in [1.29, 1.82) is 0 Å². The molecule has 8 aromatic rings. The highest BCUT2D eigenvalue weighted by Crippen LogP contribution is 2.42. The van der Waals surface area contributed by atoms with Crippen LogP contribution in [0.1, 0.15) is 51.4 Å². The van der Waals surface area contributed by atoms with E-state index in [-0.39, 0.29) is 52.9 Å². The second kappa shape index (κ2) is 29.7. The molecule has 11 heteroatoms. The molecule has 2 unspecified atom stereocenters. The summed E-state index contributed by atoms with van der Waals surface area (Å²) < 4.78 is 78.4. The van der Waals surface area contributed by atoms with Gasteiger partial charge >= 0.3 is 0 Å². The van der Waals surface area contributed by atoms with Crippen molar-refractivity contribution in [3.8, 4) is 0 Å². The van der Waals surface area contributed by atoms with Gasteiger partial charge in [0, 0.05) is 0 Å². The molecule has 0 N–H and O–H groups in total. The molecule has 2 aliphatic rings. The topological polar surface area (TPSA) is 102 Å². The largest absolute Gasteiger partial charge is 0.374 e. The molecular weight excluding hydrogens is 1000 g/mol. The van der Waals surface area contributed by atoms with E-state index < -0.39 is 60.9 Å². The van der Waals surface area contributed by atoms with Crippen molar-refractivity contribution in [2.75, 3.05) is 13.2 Å². The number of hydrogen-bond donors (Lipinski definition) is 0. The Kier molecular flexibility index (Phi) is 21.0. The minimum absolute atomic E-state index is 0.123. The van der Waals surface area contributed by atoms with E-state index in [0.717, 1.165) is 44.5 Å². The second-order valence-corrected chi connectivity index (χ2v) is 20.4. The zero-order chi connectivity index (χ0) is 54.4. The summed E-state index contributed by atoms with van der Waals surface area (Å²) in [5.41, 5.74) is 7.88. The summed E-state index contributed by atoms with van der Waals surface area (Å²) in [6, 6.07) is 80.7. The lowest BCUT2D eigenvalue weighted by atomic mass is 9.91. The molecule has 80 heavy (non-hydrogen) atoms. The molecule has 414 valence electrons. The number of benzene rings is 8. The van der Waals surface area contributed by atoms with Gasteiger partial charge in [-0.3, -0.25) is 0 Å². The second-order valence-electron chi connectivity index (χ2n) is 20.4. The Morgan fingerprint density at radius 2 is 0.575 bits per heavy atom. The van der Waals surface area contributed by atoms with E-state index in [1.54, 1.807) is 0 Å². The molecule has 11 nitrogen and oxygen atoms in total. The molecule has 0 amide bonds. The van der Waals surface area contributed by atoms with Crippen LogP contribution in [0.15, 0.2) is 243 Å². The smallest absolute Gasteiger partial charge is 0.198 e. The summed E-state index contributed by atoms with van der Waals surface area (Å²) in [5.74, 6) is -1.64. The Balaban J connectivity index is 1.06. The first-order valence-corrected chi connectivity index (χ1v) is 27.7. The van der Waals surface area contributed by atoms with E-state index in [1.165, 1.54) is 0 Å². The quantitative estimate of drug-likeness (QED) is 0.0469. The van der Waals surface area contributed by atoms with Crippen molar-refractivity contribution in [1.82, 2.24) is 0 Å². The summed E-state index contributed by atoms with van der Waals surface area (Å²) in [5, 5.41) is 0. The Morgan fingerprint density at radius 1 is 0.300 bits per heavy atom. The van der Waals surface area contributed by atoms with Crippen molar-refractivity contribution in [3.05, 3.63) is 287 Å². The summed E-state index contributed by atoms with van der Waals surface area (Å²) >= 11 is 0. The van der Waals surface area contributed by atoms with Gasteiger partial charge in [0.1, 0.15) is 48.8 Å². The molecule has 0 saturated carbocycles. The maximum Gasteiger partial charge on any atom is 0.198 e. The molecule has 0 spiro atoms. The lowest BCUT2D eigenvalue weighted by Gasteiger charge is -2.53. The third kappa shape index (κ3) is 16.2. The molecular formula is C69H72O11. The summed E-state index contributed by atoms with van der Waals surface area (Å²) in [6.45, 7) is 4.28. The van der Waals surface area contributed by atoms with Crippen LogP contribution in [0.25, 0.3) is 0 Å². The van der Waals surface area contributed by atoms with Crippen LogP contribution >= 0.6 is 0 Å². The average Bonchev–Trinajstić information content (AvgIpc) is 3.60. The predicted octanol–water partition coefficient (Wildman–Crippen LogP) is 12.8. The third-order valence-corrected chi connectivity index (χ3v) is 14.3. The van der Waals surface area contributed by atoms with Gasteiger partial charge in [-0.25, -0.2) is 0 Å². The maximum absolute atomic E-state index is 7.62. The monoisotopic (exact) mass is 1080 g/mol. The highest BCUT2D eigenvalue weighted by atomic mass is 16.8. The minimum Gasteiger partial charge on any atom is -0.374 e. The van der Waals surface area contributed by atoms with Crippen molar-refractivity contribution in [3.63, 3.8) is 0 Å². The number of hydrogen-bond acceptors (Lipinski definition) is 11. The first-order valence-electron chi connectivity index (χ1n) is 27.7. The first-order chi connectivity index (χ1) is 39.5. The van der Waals surface area contributed by atoms with Crippen molar-refractivity contribution < 1.29 is 52.1 Å². The molecule has 10 rings (SSSR count). The van der Waals surface area contributed by atoms with Gasteiger partial charge in [0.05, 0.1) is 66.1 Å². The third-order valence-electron chi connectivity index (χ3n) is 14.3. The molecule has 0 radical (unpaired) electrons. The van der Waals surface area contributed by atoms with Crippen LogP contribution in [0.3, 0.4) is 0 Å². The molecule has 2 aliphatic heterocycles. The fourth-order valence-electron chi connectivity index (χ4n) is 10.2. The molecule has 2 saturated heterocycles. The van der Waals surface area contributed by atoms with Crippen LogP contribution in [-0.2, 0) is 105 Å². The number of rotatable bonds is 28.